The molecule has 1 heterocycles. The fourth-order valence-electron chi connectivity index (χ4n) is 1.99. The van der Waals surface area contributed by atoms with E-state index in [4.69, 9.17) is 10.9 Å². The fourth-order valence-corrected chi connectivity index (χ4v) is 1.99. The predicted octanol–water partition coefficient (Wildman–Crippen LogP) is 0.963. The van der Waals surface area contributed by atoms with Gasteiger partial charge in [-0.15, -0.1) is 0 Å². The van der Waals surface area contributed by atoms with E-state index in [1.165, 1.54) is 0 Å². The molecular weight excluding hydrogens is 258 g/mol. The summed E-state index contributed by atoms with van der Waals surface area (Å²) in [5, 5.41) is 15.7. The van der Waals surface area contributed by atoms with E-state index < -0.39 is 0 Å². The molecular formula is C13H23N5O2. The van der Waals surface area contributed by atoms with E-state index in [-0.39, 0.29) is 11.7 Å². The summed E-state index contributed by atoms with van der Waals surface area (Å²) in [7, 11) is 1.75. The average molecular weight is 281 g/mol. The first-order valence-electron chi connectivity index (χ1n) is 6.61. The van der Waals surface area contributed by atoms with Crippen LogP contribution in [0.15, 0.2) is 11.2 Å². The van der Waals surface area contributed by atoms with Crippen molar-refractivity contribution >= 4 is 11.7 Å². The largest absolute Gasteiger partial charge is 0.409 e. The van der Waals surface area contributed by atoms with Gasteiger partial charge in [0, 0.05) is 26.6 Å². The van der Waals surface area contributed by atoms with Crippen LogP contribution >= 0.6 is 0 Å². The lowest BCUT2D eigenvalue weighted by molar-refractivity contribution is 0.0729. The van der Waals surface area contributed by atoms with Crippen molar-refractivity contribution in [3.05, 3.63) is 17.5 Å². The minimum atomic E-state index is -0.0902. The van der Waals surface area contributed by atoms with Crippen LogP contribution in [-0.2, 0) is 7.05 Å². The normalized spacial score (nSPS) is 11.9. The maximum Gasteiger partial charge on any atom is 0.272 e. The number of carbonyl (C=O) groups excluding carboxylic acids is 1. The van der Waals surface area contributed by atoms with Gasteiger partial charge >= 0.3 is 0 Å². The molecule has 7 nitrogen and oxygen atoms in total. The third-order valence-corrected chi connectivity index (χ3v) is 2.86. The van der Waals surface area contributed by atoms with Crippen molar-refractivity contribution in [3.8, 4) is 0 Å². The van der Waals surface area contributed by atoms with Gasteiger partial charge in [0.2, 0.25) is 0 Å². The summed E-state index contributed by atoms with van der Waals surface area (Å²) < 4.78 is 1.58. The highest BCUT2D eigenvalue weighted by Crippen LogP contribution is 2.09. The van der Waals surface area contributed by atoms with Crippen LogP contribution in [-0.4, -0.2) is 44.7 Å². The molecule has 1 aromatic rings. The topological polar surface area (TPSA) is 96.7 Å². The molecule has 0 saturated heterocycles. The van der Waals surface area contributed by atoms with E-state index in [2.05, 4.69) is 10.3 Å². The van der Waals surface area contributed by atoms with Crippen molar-refractivity contribution < 1.29 is 10.0 Å². The van der Waals surface area contributed by atoms with Gasteiger partial charge in [0.15, 0.2) is 0 Å². The SMILES string of the molecule is Cc1cc(C(=O)N(CCC(N)=NO)CC(C)C)n(C)n1. The number of nitrogens with two attached hydrogens (primary N) is 1. The van der Waals surface area contributed by atoms with Crippen LogP contribution in [0.1, 0.15) is 36.5 Å². The van der Waals surface area contributed by atoms with Gasteiger partial charge in [0.1, 0.15) is 11.5 Å². The fraction of sp³-hybridized carbons (Fsp3) is 0.615. The van der Waals surface area contributed by atoms with E-state index >= 15 is 0 Å². The van der Waals surface area contributed by atoms with Gasteiger partial charge in [-0.25, -0.2) is 0 Å². The number of aryl methyl sites for hydroxylation is 2. The van der Waals surface area contributed by atoms with E-state index in [1.807, 2.05) is 20.8 Å². The van der Waals surface area contributed by atoms with Crippen molar-refractivity contribution in [2.75, 3.05) is 13.1 Å². The first-order valence-corrected chi connectivity index (χ1v) is 6.61. The zero-order valence-corrected chi connectivity index (χ0v) is 12.5. The van der Waals surface area contributed by atoms with E-state index in [0.717, 1.165) is 5.69 Å². The summed E-state index contributed by atoms with van der Waals surface area (Å²) in [6.45, 7) is 6.95. The lowest BCUT2D eigenvalue weighted by Crippen LogP contribution is -2.37. The Labute approximate surface area is 119 Å². The van der Waals surface area contributed by atoms with E-state index in [1.54, 1.807) is 22.7 Å². The van der Waals surface area contributed by atoms with Crippen molar-refractivity contribution in [3.63, 3.8) is 0 Å². The van der Waals surface area contributed by atoms with Gasteiger partial charge in [-0.3, -0.25) is 9.48 Å². The average Bonchev–Trinajstić information content (AvgIpc) is 2.71. The molecule has 0 bridgehead atoms. The molecule has 3 N–H and O–H groups in total. The van der Waals surface area contributed by atoms with Gasteiger partial charge in [0.05, 0.1) is 5.69 Å². The molecule has 0 radical (unpaired) electrons. The summed E-state index contributed by atoms with van der Waals surface area (Å²) in [4.78, 5) is 14.2. The Morgan fingerprint density at radius 1 is 1.60 bits per heavy atom. The Hall–Kier alpha value is -2.05. The summed E-state index contributed by atoms with van der Waals surface area (Å²) in [6, 6.07) is 1.76. The molecule has 1 amide bonds. The highest BCUT2D eigenvalue weighted by Gasteiger charge is 2.20. The van der Waals surface area contributed by atoms with Crippen LogP contribution in [0.4, 0.5) is 0 Å². The molecule has 0 aliphatic rings. The van der Waals surface area contributed by atoms with Gasteiger partial charge < -0.3 is 15.8 Å². The monoisotopic (exact) mass is 281 g/mol. The number of amides is 1. The van der Waals surface area contributed by atoms with Crippen LogP contribution in [0, 0.1) is 12.8 Å². The Bertz CT molecular complexity index is 493. The van der Waals surface area contributed by atoms with E-state index in [9.17, 15) is 4.79 Å². The van der Waals surface area contributed by atoms with Crippen molar-refractivity contribution in [2.45, 2.75) is 27.2 Å². The number of amidine groups is 1. The summed E-state index contributed by atoms with van der Waals surface area (Å²) >= 11 is 0. The van der Waals surface area contributed by atoms with Crippen molar-refractivity contribution in [2.24, 2.45) is 23.9 Å². The highest BCUT2D eigenvalue weighted by atomic mass is 16.4. The molecule has 0 fully saturated rings. The number of nitrogens with zero attached hydrogens (tertiary/aromatic N) is 4. The molecule has 7 heteroatoms. The van der Waals surface area contributed by atoms with Crippen molar-refractivity contribution in [1.82, 2.24) is 14.7 Å². The number of oxime groups is 1. The first kappa shape index (κ1) is 16.0. The molecule has 0 spiro atoms. The molecule has 0 unspecified atom stereocenters. The molecule has 1 rings (SSSR count). The molecule has 0 aromatic carbocycles. The molecule has 0 aliphatic heterocycles. The van der Waals surface area contributed by atoms with Crippen LogP contribution in [0.2, 0.25) is 0 Å². The Morgan fingerprint density at radius 3 is 2.70 bits per heavy atom. The van der Waals surface area contributed by atoms with E-state index in [0.29, 0.717) is 31.1 Å². The second-order valence-corrected chi connectivity index (χ2v) is 5.28. The number of rotatable bonds is 6. The Balaban J connectivity index is 2.86. The minimum Gasteiger partial charge on any atom is -0.409 e. The Kier molecular flexibility index (Phi) is 5.54. The van der Waals surface area contributed by atoms with Crippen LogP contribution in [0.25, 0.3) is 0 Å². The summed E-state index contributed by atoms with van der Waals surface area (Å²) in [6.07, 6.45) is 0.339. The second-order valence-electron chi connectivity index (χ2n) is 5.28. The molecule has 20 heavy (non-hydrogen) atoms. The third kappa shape index (κ3) is 4.25. The molecule has 0 aliphatic carbocycles. The zero-order chi connectivity index (χ0) is 15.3. The molecule has 0 saturated carbocycles. The number of hydrogen-bond acceptors (Lipinski definition) is 4. The van der Waals surface area contributed by atoms with Crippen LogP contribution < -0.4 is 5.73 Å². The van der Waals surface area contributed by atoms with Crippen molar-refractivity contribution in [1.29, 1.82) is 0 Å². The van der Waals surface area contributed by atoms with Crippen LogP contribution in [0.5, 0.6) is 0 Å². The molecule has 1 aromatic heterocycles. The zero-order valence-electron chi connectivity index (χ0n) is 12.5. The minimum absolute atomic E-state index is 0.0902. The second kappa shape index (κ2) is 6.93. The smallest absolute Gasteiger partial charge is 0.272 e. The van der Waals surface area contributed by atoms with Gasteiger partial charge in [-0.2, -0.15) is 5.10 Å². The summed E-state index contributed by atoms with van der Waals surface area (Å²) in [5.74, 6) is 0.362. The maximum absolute atomic E-state index is 12.5. The van der Waals surface area contributed by atoms with Gasteiger partial charge in [0.25, 0.3) is 5.91 Å². The lowest BCUT2D eigenvalue weighted by Gasteiger charge is -2.24. The number of aromatic nitrogens is 2. The van der Waals surface area contributed by atoms with Gasteiger partial charge in [-0.05, 0) is 18.9 Å². The molecule has 112 valence electrons. The standard InChI is InChI=1S/C13H23N5O2/c1-9(2)8-18(6-5-12(14)16-20)13(19)11-7-10(3)15-17(11)4/h7,9,20H,5-6,8H2,1-4H3,(H2,14,16). The van der Waals surface area contributed by atoms with Gasteiger partial charge in [-0.1, -0.05) is 19.0 Å². The maximum atomic E-state index is 12.5. The predicted molar refractivity (Wildman–Crippen MR) is 76.7 cm³/mol. The molecule has 0 atom stereocenters. The third-order valence-electron chi connectivity index (χ3n) is 2.86. The lowest BCUT2D eigenvalue weighted by atomic mass is 10.2. The quantitative estimate of drug-likeness (QED) is 0.351. The highest BCUT2D eigenvalue weighted by molar-refractivity contribution is 5.93. The summed E-state index contributed by atoms with van der Waals surface area (Å²) in [5.41, 5.74) is 6.82. The number of carbonyl (C=O) groups is 1. The first-order chi connectivity index (χ1) is 9.35. The van der Waals surface area contributed by atoms with Crippen LogP contribution in [0.3, 0.4) is 0 Å². The number of hydrogen-bond donors (Lipinski definition) is 2. The Morgan fingerprint density at radius 2 is 2.25 bits per heavy atom.